The summed E-state index contributed by atoms with van der Waals surface area (Å²) in [6.07, 6.45) is 4.30. The Kier molecular flexibility index (Phi) is 5.16. The maximum atomic E-state index is 9.18. The fraction of sp³-hybridized carbons (Fsp3) is 0.444. The van der Waals surface area contributed by atoms with Gasteiger partial charge in [0, 0.05) is 30.4 Å². The monoisotopic (exact) mass is 281 g/mol. The molecule has 1 aromatic carbocycles. The number of nitrogens with zero attached hydrogens (tertiary/aromatic N) is 3. The third-order valence-electron chi connectivity index (χ3n) is 3.86. The van der Waals surface area contributed by atoms with Crippen LogP contribution in [0.4, 0.5) is 5.69 Å². The van der Waals surface area contributed by atoms with Crippen molar-refractivity contribution in [1.82, 2.24) is 4.98 Å². The molecule has 1 aromatic heterocycles. The molecule has 0 saturated carbocycles. The minimum absolute atomic E-state index is 0.657. The second kappa shape index (κ2) is 7.08. The van der Waals surface area contributed by atoms with E-state index in [-0.39, 0.29) is 0 Å². The number of anilines is 1. The molecule has 1 aliphatic heterocycles. The van der Waals surface area contributed by atoms with Crippen LogP contribution < -0.4 is 4.90 Å². The Morgan fingerprint density at radius 2 is 2.10 bits per heavy atom. The summed E-state index contributed by atoms with van der Waals surface area (Å²) >= 11 is 0. The first-order valence-electron chi connectivity index (χ1n) is 7.82. The summed E-state index contributed by atoms with van der Waals surface area (Å²) in [6.45, 7) is 8.49. The molecule has 0 bridgehead atoms. The van der Waals surface area contributed by atoms with Crippen LogP contribution in [0.5, 0.6) is 0 Å². The topological polar surface area (TPSA) is 39.9 Å². The molecular weight excluding hydrogens is 258 g/mol. The molecule has 0 spiro atoms. The quantitative estimate of drug-likeness (QED) is 0.779. The van der Waals surface area contributed by atoms with E-state index in [4.69, 9.17) is 0 Å². The highest BCUT2D eigenvalue weighted by molar-refractivity contribution is 5.95. The van der Waals surface area contributed by atoms with E-state index in [0.717, 1.165) is 29.9 Å². The molecule has 0 radical (unpaired) electrons. The summed E-state index contributed by atoms with van der Waals surface area (Å²) in [7, 11) is 0. The Balaban J connectivity index is 0.000000774. The molecule has 1 unspecified atom stereocenters. The van der Waals surface area contributed by atoms with Crippen molar-refractivity contribution in [2.45, 2.75) is 33.6 Å². The van der Waals surface area contributed by atoms with Crippen LogP contribution in [0.2, 0.25) is 0 Å². The van der Waals surface area contributed by atoms with Gasteiger partial charge in [0.15, 0.2) is 0 Å². The lowest BCUT2D eigenvalue weighted by Gasteiger charge is -2.33. The predicted molar refractivity (Wildman–Crippen MR) is 88.4 cm³/mol. The second-order valence-corrected chi connectivity index (χ2v) is 5.34. The Bertz CT molecular complexity index is 642. The first-order valence-corrected chi connectivity index (χ1v) is 7.82. The Labute approximate surface area is 127 Å². The van der Waals surface area contributed by atoms with E-state index in [1.165, 1.54) is 18.5 Å². The zero-order chi connectivity index (χ0) is 15.2. The van der Waals surface area contributed by atoms with Gasteiger partial charge >= 0.3 is 0 Å². The molecule has 2 heterocycles. The van der Waals surface area contributed by atoms with Crippen molar-refractivity contribution in [3.05, 3.63) is 36.0 Å². The third-order valence-corrected chi connectivity index (χ3v) is 3.86. The van der Waals surface area contributed by atoms with Crippen molar-refractivity contribution in [2.24, 2.45) is 5.92 Å². The molecule has 1 aliphatic rings. The predicted octanol–water partition coefficient (Wildman–Crippen LogP) is 4.37. The zero-order valence-electron chi connectivity index (χ0n) is 13.1. The molecule has 2 aromatic rings. The van der Waals surface area contributed by atoms with Crippen LogP contribution in [-0.4, -0.2) is 18.1 Å². The van der Waals surface area contributed by atoms with Gasteiger partial charge in [-0.05, 0) is 43.0 Å². The maximum Gasteiger partial charge on any atom is 0.101 e. The second-order valence-electron chi connectivity index (χ2n) is 5.34. The van der Waals surface area contributed by atoms with Gasteiger partial charge in [0.1, 0.15) is 6.07 Å². The van der Waals surface area contributed by atoms with E-state index in [9.17, 15) is 5.26 Å². The third kappa shape index (κ3) is 3.16. The fourth-order valence-corrected chi connectivity index (χ4v) is 2.93. The highest BCUT2D eigenvalue weighted by atomic mass is 15.1. The fourth-order valence-electron chi connectivity index (χ4n) is 2.93. The van der Waals surface area contributed by atoms with Gasteiger partial charge < -0.3 is 4.90 Å². The van der Waals surface area contributed by atoms with Crippen LogP contribution >= 0.6 is 0 Å². The zero-order valence-corrected chi connectivity index (χ0v) is 13.1. The average Bonchev–Trinajstić information content (AvgIpc) is 2.55. The summed E-state index contributed by atoms with van der Waals surface area (Å²) in [5, 5.41) is 10.3. The molecule has 0 aliphatic carbocycles. The Morgan fingerprint density at radius 3 is 2.81 bits per heavy atom. The van der Waals surface area contributed by atoms with Crippen LogP contribution in [0.1, 0.15) is 39.2 Å². The van der Waals surface area contributed by atoms with Crippen LogP contribution in [0.15, 0.2) is 30.5 Å². The number of benzene rings is 1. The van der Waals surface area contributed by atoms with Gasteiger partial charge in [0.2, 0.25) is 0 Å². The van der Waals surface area contributed by atoms with E-state index in [1.807, 2.05) is 26.0 Å². The van der Waals surface area contributed by atoms with Gasteiger partial charge in [-0.3, -0.25) is 4.98 Å². The van der Waals surface area contributed by atoms with Crippen LogP contribution in [0.3, 0.4) is 0 Å². The molecular formula is C18H23N3. The average molecular weight is 281 g/mol. The normalized spacial score (nSPS) is 17.8. The van der Waals surface area contributed by atoms with Crippen molar-refractivity contribution in [3.63, 3.8) is 0 Å². The summed E-state index contributed by atoms with van der Waals surface area (Å²) in [5.74, 6) is 0.733. The Hall–Kier alpha value is -2.08. The molecule has 21 heavy (non-hydrogen) atoms. The van der Waals surface area contributed by atoms with Crippen molar-refractivity contribution < 1.29 is 0 Å². The van der Waals surface area contributed by atoms with Gasteiger partial charge in [0.25, 0.3) is 0 Å². The smallest absolute Gasteiger partial charge is 0.101 e. The molecule has 1 saturated heterocycles. The maximum absolute atomic E-state index is 9.18. The van der Waals surface area contributed by atoms with Crippen molar-refractivity contribution in [1.29, 1.82) is 5.26 Å². The minimum Gasteiger partial charge on any atom is -0.371 e. The number of aromatic nitrogens is 1. The van der Waals surface area contributed by atoms with Crippen LogP contribution in [0.25, 0.3) is 10.9 Å². The van der Waals surface area contributed by atoms with Crippen molar-refractivity contribution in [2.75, 3.05) is 18.0 Å². The molecule has 3 rings (SSSR count). The summed E-state index contributed by atoms with van der Waals surface area (Å²) in [5.41, 5.74) is 2.69. The van der Waals surface area contributed by atoms with Crippen molar-refractivity contribution in [3.8, 4) is 6.07 Å². The lowest BCUT2D eigenvalue weighted by molar-refractivity contribution is 0.447. The summed E-state index contributed by atoms with van der Waals surface area (Å²) < 4.78 is 0. The number of nitriles is 1. The van der Waals surface area contributed by atoms with Crippen LogP contribution in [0, 0.1) is 17.2 Å². The molecule has 110 valence electrons. The number of pyridine rings is 1. The van der Waals surface area contributed by atoms with Gasteiger partial charge in [-0.15, -0.1) is 0 Å². The summed E-state index contributed by atoms with van der Waals surface area (Å²) in [6, 6.07) is 10.2. The van der Waals surface area contributed by atoms with E-state index in [0.29, 0.717) is 5.56 Å². The van der Waals surface area contributed by atoms with E-state index in [2.05, 4.69) is 35.0 Å². The SMILES string of the molecule is CC.CC1CCCN(c2ccc(C#N)c3ncccc23)C1. The van der Waals surface area contributed by atoms with Gasteiger partial charge in [-0.2, -0.15) is 5.26 Å². The lowest BCUT2D eigenvalue weighted by Crippen LogP contribution is -2.34. The first kappa shape index (κ1) is 15.3. The molecule has 3 heteroatoms. The van der Waals surface area contributed by atoms with E-state index >= 15 is 0 Å². The number of hydrogen-bond donors (Lipinski definition) is 0. The number of hydrogen-bond acceptors (Lipinski definition) is 3. The molecule has 1 atom stereocenters. The van der Waals surface area contributed by atoms with Gasteiger partial charge in [0.05, 0.1) is 11.1 Å². The molecule has 0 N–H and O–H groups in total. The molecule has 1 fully saturated rings. The van der Waals surface area contributed by atoms with E-state index < -0.39 is 0 Å². The first-order chi connectivity index (χ1) is 10.3. The van der Waals surface area contributed by atoms with Gasteiger partial charge in [-0.1, -0.05) is 20.8 Å². The largest absolute Gasteiger partial charge is 0.371 e. The number of rotatable bonds is 1. The standard InChI is InChI=1S/C16H17N3.C2H6/c1-12-4-3-9-19(11-12)15-7-6-13(10-17)16-14(15)5-2-8-18-16;1-2/h2,5-8,12H,3-4,9,11H2,1H3;1-2H3. The lowest BCUT2D eigenvalue weighted by atomic mass is 9.98. The van der Waals surface area contributed by atoms with E-state index in [1.54, 1.807) is 6.20 Å². The number of fused-ring (bicyclic) bond motifs is 1. The molecule has 0 amide bonds. The Morgan fingerprint density at radius 1 is 1.29 bits per heavy atom. The highest BCUT2D eigenvalue weighted by Gasteiger charge is 2.19. The minimum atomic E-state index is 0.657. The van der Waals surface area contributed by atoms with Crippen LogP contribution in [-0.2, 0) is 0 Å². The summed E-state index contributed by atoms with van der Waals surface area (Å²) in [4.78, 5) is 6.81. The molecule has 3 nitrogen and oxygen atoms in total. The number of piperidine rings is 1. The highest BCUT2D eigenvalue weighted by Crippen LogP contribution is 2.30. The van der Waals surface area contributed by atoms with Gasteiger partial charge in [-0.25, -0.2) is 0 Å². The van der Waals surface area contributed by atoms with Crippen molar-refractivity contribution >= 4 is 16.6 Å².